The van der Waals surface area contributed by atoms with Crippen molar-refractivity contribution < 1.29 is 22.4 Å². The molecule has 0 aliphatic rings. The Balaban J connectivity index is 1.85. The van der Waals surface area contributed by atoms with Crippen molar-refractivity contribution in [3.63, 3.8) is 0 Å². The summed E-state index contributed by atoms with van der Waals surface area (Å²) >= 11 is 0. The fourth-order valence-corrected chi connectivity index (χ4v) is 5.01. The number of hydrogen-bond donors (Lipinski definition) is 0. The molecule has 1 atom stereocenters. The van der Waals surface area contributed by atoms with E-state index in [0.29, 0.717) is 47.4 Å². The standard InChI is InChI=1S/C30H30F4N6O2/c1-5-7-24-26-27(38(4)37-24)29(42)40(21-11-8-19(17-35)9-12-21)28(36-26)18(3)39(14-6-2)25(41)16-20-10-13-23(31)22(15-20)30(32,33)34/h8-13,15,18H,5-7,14,16H2,1-4H3/t18-/m1/s1. The molecule has 4 rings (SSSR count). The number of amides is 1. The number of alkyl halides is 3. The fraction of sp³-hybridized carbons (Fsp3) is 0.367. The summed E-state index contributed by atoms with van der Waals surface area (Å²) in [5.74, 6) is -1.69. The van der Waals surface area contributed by atoms with E-state index in [-0.39, 0.29) is 23.4 Å². The van der Waals surface area contributed by atoms with E-state index in [2.05, 4.69) is 5.10 Å². The molecule has 4 aromatic rings. The topological polar surface area (TPSA) is 96.8 Å². The Morgan fingerprint density at radius 2 is 1.81 bits per heavy atom. The van der Waals surface area contributed by atoms with Gasteiger partial charge in [0.1, 0.15) is 17.2 Å². The van der Waals surface area contributed by atoms with Crippen molar-refractivity contribution in [1.29, 1.82) is 5.26 Å². The summed E-state index contributed by atoms with van der Waals surface area (Å²) in [6.45, 7) is 5.74. The summed E-state index contributed by atoms with van der Waals surface area (Å²) in [6.07, 6.45) is -3.47. The van der Waals surface area contributed by atoms with Crippen LogP contribution in [0.4, 0.5) is 17.6 Å². The van der Waals surface area contributed by atoms with Crippen molar-refractivity contribution in [1.82, 2.24) is 24.2 Å². The second-order valence-corrected chi connectivity index (χ2v) is 10.0. The molecule has 2 heterocycles. The van der Waals surface area contributed by atoms with Gasteiger partial charge in [0.05, 0.1) is 41.0 Å². The minimum atomic E-state index is -4.91. The van der Waals surface area contributed by atoms with Crippen LogP contribution in [0.3, 0.4) is 0 Å². The van der Waals surface area contributed by atoms with Crippen molar-refractivity contribution in [2.24, 2.45) is 7.05 Å². The monoisotopic (exact) mass is 582 g/mol. The van der Waals surface area contributed by atoms with Crippen LogP contribution in [0, 0.1) is 17.1 Å². The van der Waals surface area contributed by atoms with E-state index in [1.807, 2.05) is 19.9 Å². The predicted octanol–water partition coefficient (Wildman–Crippen LogP) is 5.64. The van der Waals surface area contributed by atoms with Crippen LogP contribution in [0.1, 0.15) is 67.9 Å². The maximum atomic E-state index is 14.0. The second kappa shape index (κ2) is 12.1. The number of carbonyl (C=O) groups is 1. The lowest BCUT2D eigenvalue weighted by molar-refractivity contribution is -0.140. The SMILES string of the molecule is CCCc1nn(C)c2c(=O)n(-c3ccc(C#N)cc3)c([C@@H](C)N(CCC)C(=O)Cc3ccc(F)c(C(F)(F)F)c3)nc12. The van der Waals surface area contributed by atoms with E-state index >= 15 is 0 Å². The number of benzene rings is 2. The van der Waals surface area contributed by atoms with Gasteiger partial charge in [0.15, 0.2) is 5.52 Å². The Morgan fingerprint density at radius 1 is 1.12 bits per heavy atom. The lowest BCUT2D eigenvalue weighted by Crippen LogP contribution is -2.39. The molecule has 2 aromatic carbocycles. The Morgan fingerprint density at radius 3 is 2.40 bits per heavy atom. The molecule has 1 amide bonds. The van der Waals surface area contributed by atoms with Gasteiger partial charge in [-0.2, -0.15) is 23.5 Å². The lowest BCUT2D eigenvalue weighted by Gasteiger charge is -2.30. The van der Waals surface area contributed by atoms with Crippen LogP contribution in [0.15, 0.2) is 47.3 Å². The predicted molar refractivity (Wildman–Crippen MR) is 148 cm³/mol. The molecule has 220 valence electrons. The minimum Gasteiger partial charge on any atom is -0.332 e. The third kappa shape index (κ3) is 5.91. The molecule has 0 bridgehead atoms. The Hall–Kier alpha value is -4.53. The number of fused-ring (bicyclic) bond motifs is 1. The number of hydrogen-bond acceptors (Lipinski definition) is 5. The van der Waals surface area contributed by atoms with Crippen LogP contribution >= 0.6 is 0 Å². The maximum Gasteiger partial charge on any atom is 0.419 e. The van der Waals surface area contributed by atoms with Crippen molar-refractivity contribution in [2.75, 3.05) is 6.54 Å². The van der Waals surface area contributed by atoms with Crippen LogP contribution in [-0.4, -0.2) is 36.7 Å². The van der Waals surface area contributed by atoms with Crippen LogP contribution in [0.5, 0.6) is 0 Å². The molecule has 0 fully saturated rings. The van der Waals surface area contributed by atoms with Gasteiger partial charge in [0.2, 0.25) is 5.91 Å². The summed E-state index contributed by atoms with van der Waals surface area (Å²) in [5.41, 5.74) is 0.281. The van der Waals surface area contributed by atoms with Crippen LogP contribution < -0.4 is 5.56 Å². The molecule has 0 aliphatic heterocycles. The van der Waals surface area contributed by atoms with E-state index in [1.165, 1.54) is 14.1 Å². The van der Waals surface area contributed by atoms with E-state index in [4.69, 9.17) is 4.98 Å². The van der Waals surface area contributed by atoms with Gasteiger partial charge >= 0.3 is 6.18 Å². The first-order valence-corrected chi connectivity index (χ1v) is 13.5. The van der Waals surface area contributed by atoms with Gasteiger partial charge in [-0.1, -0.05) is 26.3 Å². The summed E-state index contributed by atoms with van der Waals surface area (Å²) in [7, 11) is 1.65. The summed E-state index contributed by atoms with van der Waals surface area (Å²) in [6, 6.07) is 10.1. The molecule has 0 saturated heterocycles. The maximum absolute atomic E-state index is 14.0. The Labute approximate surface area is 239 Å². The molecule has 0 N–H and O–H groups in total. The van der Waals surface area contributed by atoms with Crippen LogP contribution in [0.2, 0.25) is 0 Å². The Bertz CT molecular complexity index is 1720. The Kier molecular flexibility index (Phi) is 8.80. The highest BCUT2D eigenvalue weighted by molar-refractivity contribution is 5.80. The number of nitrogens with zero attached hydrogens (tertiary/aromatic N) is 6. The number of nitriles is 1. The zero-order valence-electron chi connectivity index (χ0n) is 23.7. The molecule has 8 nitrogen and oxygen atoms in total. The molecule has 2 aromatic heterocycles. The van der Waals surface area contributed by atoms with Gasteiger partial charge in [-0.3, -0.25) is 18.8 Å². The normalized spacial score (nSPS) is 12.4. The molecule has 0 saturated carbocycles. The largest absolute Gasteiger partial charge is 0.419 e. The highest BCUT2D eigenvalue weighted by Gasteiger charge is 2.35. The van der Waals surface area contributed by atoms with Gasteiger partial charge in [0, 0.05) is 13.6 Å². The van der Waals surface area contributed by atoms with Gasteiger partial charge in [-0.05, 0) is 61.7 Å². The number of aromatic nitrogens is 4. The highest BCUT2D eigenvalue weighted by Crippen LogP contribution is 2.32. The molecule has 42 heavy (non-hydrogen) atoms. The summed E-state index contributed by atoms with van der Waals surface area (Å²) in [4.78, 5) is 33.9. The zero-order chi connectivity index (χ0) is 30.8. The molecule has 0 radical (unpaired) electrons. The summed E-state index contributed by atoms with van der Waals surface area (Å²) in [5, 5.41) is 13.8. The first-order valence-electron chi connectivity index (χ1n) is 13.5. The highest BCUT2D eigenvalue weighted by atomic mass is 19.4. The fourth-order valence-electron chi connectivity index (χ4n) is 5.01. The quantitative estimate of drug-likeness (QED) is 0.238. The first-order chi connectivity index (χ1) is 19.9. The van der Waals surface area contributed by atoms with Gasteiger partial charge in [0.25, 0.3) is 5.56 Å². The lowest BCUT2D eigenvalue weighted by atomic mass is 10.1. The molecule has 12 heteroatoms. The zero-order valence-corrected chi connectivity index (χ0v) is 23.7. The van der Waals surface area contributed by atoms with E-state index < -0.39 is 41.5 Å². The molecule has 0 spiro atoms. The van der Waals surface area contributed by atoms with E-state index in [0.717, 1.165) is 12.5 Å². The number of halogens is 4. The number of carbonyl (C=O) groups excluding carboxylic acids is 1. The molecule has 0 aliphatic carbocycles. The van der Waals surface area contributed by atoms with Gasteiger partial charge in [-0.25, -0.2) is 9.37 Å². The van der Waals surface area contributed by atoms with Gasteiger partial charge < -0.3 is 4.90 Å². The third-order valence-corrected chi connectivity index (χ3v) is 7.01. The van der Waals surface area contributed by atoms with E-state index in [9.17, 15) is 32.4 Å². The average molecular weight is 583 g/mol. The molecule has 0 unspecified atom stereocenters. The summed E-state index contributed by atoms with van der Waals surface area (Å²) < 4.78 is 56.6. The van der Waals surface area contributed by atoms with Gasteiger partial charge in [-0.15, -0.1) is 0 Å². The molecular formula is C30H30F4N6O2. The van der Waals surface area contributed by atoms with Crippen molar-refractivity contribution in [3.05, 3.63) is 86.8 Å². The second-order valence-electron chi connectivity index (χ2n) is 10.0. The van der Waals surface area contributed by atoms with Crippen molar-refractivity contribution in [2.45, 2.75) is 58.7 Å². The number of aryl methyl sites for hydroxylation is 2. The molecular weight excluding hydrogens is 552 g/mol. The first kappa shape index (κ1) is 30.4. The van der Waals surface area contributed by atoms with Crippen molar-refractivity contribution >= 4 is 16.9 Å². The van der Waals surface area contributed by atoms with Crippen LogP contribution in [0.25, 0.3) is 16.7 Å². The van der Waals surface area contributed by atoms with E-state index in [1.54, 1.807) is 38.2 Å². The number of rotatable bonds is 9. The van der Waals surface area contributed by atoms with Crippen LogP contribution in [-0.2, 0) is 30.9 Å². The minimum absolute atomic E-state index is 0.00686. The van der Waals surface area contributed by atoms with Crippen molar-refractivity contribution in [3.8, 4) is 11.8 Å². The average Bonchev–Trinajstić information content (AvgIpc) is 3.26. The third-order valence-electron chi connectivity index (χ3n) is 7.01. The smallest absolute Gasteiger partial charge is 0.332 e.